The molecule has 0 aliphatic rings. The van der Waals surface area contributed by atoms with E-state index in [-0.39, 0.29) is 11.3 Å². The first-order valence-corrected chi connectivity index (χ1v) is 8.02. The van der Waals surface area contributed by atoms with E-state index in [2.05, 4.69) is 37.6 Å². The number of oxime groups is 1. The van der Waals surface area contributed by atoms with Gasteiger partial charge in [0.1, 0.15) is 5.65 Å². The number of rotatable bonds is 4. The molecule has 0 spiro atoms. The van der Waals surface area contributed by atoms with E-state index in [1.54, 1.807) is 13.1 Å². The van der Waals surface area contributed by atoms with Gasteiger partial charge in [-0.25, -0.2) is 4.98 Å². The molecule has 0 amide bonds. The first kappa shape index (κ1) is 16.1. The van der Waals surface area contributed by atoms with Gasteiger partial charge in [0.25, 0.3) is 5.56 Å². The molecule has 0 atom stereocenters. The number of benzene rings is 1. The lowest BCUT2D eigenvalue weighted by Gasteiger charge is -2.13. The Bertz CT molecular complexity index is 994. The van der Waals surface area contributed by atoms with Gasteiger partial charge in [0.15, 0.2) is 5.76 Å². The standard InChI is InChI=1S/C18H14BrN3O2/c1-3-21-24-11(2)15-16(12-7-5-4-6-8-12)14-9-13(19)10-20-17(14)22-18(15)23/h3-10H,2H2,1H3,(H,20,22,23)/b21-3+. The van der Waals surface area contributed by atoms with Crippen LogP contribution in [0.4, 0.5) is 0 Å². The van der Waals surface area contributed by atoms with Crippen LogP contribution in [0.1, 0.15) is 12.5 Å². The van der Waals surface area contributed by atoms with E-state index in [0.717, 1.165) is 15.4 Å². The molecular weight excluding hydrogens is 370 g/mol. The molecule has 3 rings (SSSR count). The molecule has 0 unspecified atom stereocenters. The number of pyridine rings is 2. The largest absolute Gasteiger partial charge is 0.357 e. The molecule has 0 bridgehead atoms. The highest BCUT2D eigenvalue weighted by molar-refractivity contribution is 9.10. The third-order valence-electron chi connectivity index (χ3n) is 3.44. The van der Waals surface area contributed by atoms with Crippen molar-refractivity contribution in [1.82, 2.24) is 9.97 Å². The molecule has 6 heteroatoms. The first-order chi connectivity index (χ1) is 11.6. The Morgan fingerprint density at radius 2 is 2.12 bits per heavy atom. The predicted octanol–water partition coefficient (Wildman–Crippen LogP) is 4.35. The number of aromatic nitrogens is 2. The number of H-pyrrole nitrogens is 1. The number of halogens is 1. The molecule has 0 aliphatic heterocycles. The monoisotopic (exact) mass is 383 g/mol. The van der Waals surface area contributed by atoms with Gasteiger partial charge in [0, 0.05) is 27.8 Å². The van der Waals surface area contributed by atoms with Crippen molar-refractivity contribution in [3.63, 3.8) is 0 Å². The minimum atomic E-state index is -0.326. The first-order valence-electron chi connectivity index (χ1n) is 7.23. The Kier molecular flexibility index (Phi) is 4.57. The summed E-state index contributed by atoms with van der Waals surface area (Å²) in [6.07, 6.45) is 3.13. The van der Waals surface area contributed by atoms with Crippen LogP contribution in [0, 0.1) is 0 Å². The number of hydrogen-bond donors (Lipinski definition) is 1. The number of nitrogens with one attached hydrogen (secondary N) is 1. The van der Waals surface area contributed by atoms with Crippen molar-refractivity contribution < 1.29 is 4.84 Å². The minimum Gasteiger partial charge on any atom is -0.357 e. The van der Waals surface area contributed by atoms with Gasteiger partial charge in [-0.3, -0.25) is 4.79 Å². The highest BCUT2D eigenvalue weighted by Crippen LogP contribution is 2.33. The second-order valence-electron chi connectivity index (χ2n) is 5.00. The normalized spacial score (nSPS) is 11.1. The van der Waals surface area contributed by atoms with Crippen LogP contribution in [-0.2, 0) is 4.84 Å². The summed E-state index contributed by atoms with van der Waals surface area (Å²) >= 11 is 3.43. The Hall–Kier alpha value is -2.73. The van der Waals surface area contributed by atoms with E-state index in [1.807, 2.05) is 36.4 Å². The second kappa shape index (κ2) is 6.80. The molecule has 24 heavy (non-hydrogen) atoms. The fourth-order valence-electron chi connectivity index (χ4n) is 2.48. The van der Waals surface area contributed by atoms with Crippen molar-refractivity contribution in [1.29, 1.82) is 0 Å². The van der Waals surface area contributed by atoms with Crippen LogP contribution in [0.3, 0.4) is 0 Å². The highest BCUT2D eigenvalue weighted by atomic mass is 79.9. The van der Waals surface area contributed by atoms with Gasteiger partial charge in [-0.05, 0) is 34.5 Å². The Labute approximate surface area is 146 Å². The summed E-state index contributed by atoms with van der Waals surface area (Å²) in [5.74, 6) is 0.176. The summed E-state index contributed by atoms with van der Waals surface area (Å²) in [6, 6.07) is 11.5. The van der Waals surface area contributed by atoms with Crippen molar-refractivity contribution in [2.45, 2.75) is 6.92 Å². The van der Waals surface area contributed by atoms with Gasteiger partial charge >= 0.3 is 0 Å². The van der Waals surface area contributed by atoms with Gasteiger partial charge in [0.05, 0.1) is 5.56 Å². The molecule has 120 valence electrons. The topological polar surface area (TPSA) is 67.3 Å². The van der Waals surface area contributed by atoms with Gasteiger partial charge in [-0.1, -0.05) is 42.1 Å². The van der Waals surface area contributed by atoms with Crippen molar-refractivity contribution >= 4 is 38.9 Å². The van der Waals surface area contributed by atoms with E-state index in [9.17, 15) is 4.79 Å². The predicted molar refractivity (Wildman–Crippen MR) is 99.8 cm³/mol. The average Bonchev–Trinajstić information content (AvgIpc) is 2.59. The number of fused-ring (bicyclic) bond motifs is 1. The summed E-state index contributed by atoms with van der Waals surface area (Å²) in [5, 5.41) is 4.51. The van der Waals surface area contributed by atoms with Crippen molar-refractivity contribution in [3.05, 3.63) is 69.6 Å². The zero-order chi connectivity index (χ0) is 17.1. The smallest absolute Gasteiger partial charge is 0.261 e. The molecule has 3 aromatic rings. The van der Waals surface area contributed by atoms with Crippen LogP contribution < -0.4 is 5.56 Å². The summed E-state index contributed by atoms with van der Waals surface area (Å²) in [6.45, 7) is 5.57. The summed E-state index contributed by atoms with van der Waals surface area (Å²) in [5.41, 5.74) is 2.08. The van der Waals surface area contributed by atoms with Gasteiger partial charge in [0.2, 0.25) is 0 Å². The molecule has 0 fully saturated rings. The third kappa shape index (κ3) is 3.00. The zero-order valence-corrected chi connectivity index (χ0v) is 14.5. The number of nitrogens with zero attached hydrogens (tertiary/aromatic N) is 2. The molecule has 2 heterocycles. The average molecular weight is 384 g/mol. The lowest BCUT2D eigenvalue weighted by Crippen LogP contribution is -2.15. The van der Waals surface area contributed by atoms with Crippen molar-refractivity contribution in [3.8, 4) is 11.1 Å². The third-order valence-corrected chi connectivity index (χ3v) is 3.88. The molecule has 2 aromatic heterocycles. The van der Waals surface area contributed by atoms with Crippen molar-refractivity contribution in [2.24, 2.45) is 5.16 Å². The highest BCUT2D eigenvalue weighted by Gasteiger charge is 2.19. The number of hydrogen-bond acceptors (Lipinski definition) is 4. The van der Waals surface area contributed by atoms with Gasteiger partial charge in [-0.15, -0.1) is 0 Å². The Balaban J connectivity index is 2.39. The molecule has 5 nitrogen and oxygen atoms in total. The Morgan fingerprint density at radius 3 is 2.83 bits per heavy atom. The fourth-order valence-corrected chi connectivity index (χ4v) is 2.81. The van der Waals surface area contributed by atoms with Crippen LogP contribution in [0.2, 0.25) is 0 Å². The van der Waals surface area contributed by atoms with E-state index in [4.69, 9.17) is 4.84 Å². The van der Waals surface area contributed by atoms with E-state index >= 15 is 0 Å². The zero-order valence-electron chi connectivity index (χ0n) is 12.9. The van der Waals surface area contributed by atoms with Crippen LogP contribution in [0.15, 0.2) is 63.6 Å². The lowest BCUT2D eigenvalue weighted by atomic mass is 9.97. The van der Waals surface area contributed by atoms with Crippen LogP contribution in [-0.4, -0.2) is 16.2 Å². The molecule has 0 saturated carbocycles. The van der Waals surface area contributed by atoms with E-state index in [0.29, 0.717) is 16.8 Å². The van der Waals surface area contributed by atoms with Gasteiger partial charge < -0.3 is 9.82 Å². The number of aromatic amines is 1. The molecule has 1 N–H and O–H groups in total. The summed E-state index contributed by atoms with van der Waals surface area (Å²) in [4.78, 5) is 24.9. The van der Waals surface area contributed by atoms with Crippen LogP contribution in [0.25, 0.3) is 27.9 Å². The fraction of sp³-hybridized carbons (Fsp3) is 0.0556. The molecule has 0 aliphatic carbocycles. The maximum absolute atomic E-state index is 12.6. The van der Waals surface area contributed by atoms with E-state index in [1.165, 1.54) is 6.21 Å². The van der Waals surface area contributed by atoms with E-state index < -0.39 is 0 Å². The summed E-state index contributed by atoms with van der Waals surface area (Å²) in [7, 11) is 0. The molecule has 1 aromatic carbocycles. The Morgan fingerprint density at radius 1 is 1.38 bits per heavy atom. The van der Waals surface area contributed by atoms with Crippen LogP contribution in [0.5, 0.6) is 0 Å². The lowest BCUT2D eigenvalue weighted by molar-refractivity contribution is 0.301. The molecule has 0 radical (unpaired) electrons. The molecule has 0 saturated heterocycles. The van der Waals surface area contributed by atoms with Gasteiger partial charge in [-0.2, -0.15) is 0 Å². The second-order valence-corrected chi connectivity index (χ2v) is 5.91. The quantitative estimate of drug-likeness (QED) is 0.413. The van der Waals surface area contributed by atoms with Crippen LogP contribution >= 0.6 is 15.9 Å². The SMILES string of the molecule is C=C(O/N=C/C)c1c(-c2ccccc2)c2cc(Br)cnc2[nH]c1=O. The minimum absolute atomic E-state index is 0.176. The molecular formula is C18H14BrN3O2. The summed E-state index contributed by atoms with van der Waals surface area (Å²) < 4.78 is 0.809. The van der Waals surface area contributed by atoms with Crippen molar-refractivity contribution in [2.75, 3.05) is 0 Å². The maximum Gasteiger partial charge on any atom is 0.261 e. The maximum atomic E-state index is 12.6.